The Kier molecular flexibility index (Phi) is 8.14. The molecule has 8 nitrogen and oxygen atoms in total. The average molecular weight is 520 g/mol. The number of likely N-dealkylation sites (N-methyl/N-ethyl adjacent to an activating group) is 2. The first kappa shape index (κ1) is 26.6. The molecule has 2 aromatic heterocycles. The summed E-state index contributed by atoms with van der Waals surface area (Å²) < 4.78 is 1.85. The fourth-order valence-electron chi connectivity index (χ4n) is 3.97. The predicted molar refractivity (Wildman–Crippen MR) is 153 cm³/mol. The van der Waals surface area contributed by atoms with Gasteiger partial charge in [-0.2, -0.15) is 4.52 Å². The van der Waals surface area contributed by atoms with Crippen LogP contribution in [0.4, 0.5) is 10.9 Å². The second kappa shape index (κ2) is 11.3. The third-order valence-electron chi connectivity index (χ3n) is 5.83. The second-order valence-electron chi connectivity index (χ2n) is 10.6. The van der Waals surface area contributed by atoms with Crippen molar-refractivity contribution in [3.8, 4) is 11.3 Å². The highest BCUT2D eigenvalue weighted by Gasteiger charge is 2.23. The van der Waals surface area contributed by atoms with Gasteiger partial charge in [0.1, 0.15) is 5.69 Å². The number of anilines is 2. The number of imidazole rings is 1. The molecular weight excluding hydrogens is 482 g/mol. The molecule has 196 valence electrons. The molecular formula is C28H37N7OS. The molecule has 0 aliphatic rings. The van der Waals surface area contributed by atoms with E-state index >= 15 is 0 Å². The Hall–Kier alpha value is -3.43. The number of hydrogen-bond donors (Lipinski definition) is 2. The van der Waals surface area contributed by atoms with Gasteiger partial charge in [-0.1, -0.05) is 71.5 Å². The number of carbonyl (C=O) groups is 1. The molecule has 0 bridgehead atoms. The Morgan fingerprint density at radius 3 is 2.43 bits per heavy atom. The van der Waals surface area contributed by atoms with Crippen LogP contribution in [0.5, 0.6) is 0 Å². The average Bonchev–Trinajstić information content (AvgIpc) is 3.39. The molecule has 0 saturated carbocycles. The van der Waals surface area contributed by atoms with E-state index in [1.54, 1.807) is 0 Å². The molecule has 0 unspecified atom stereocenters. The summed E-state index contributed by atoms with van der Waals surface area (Å²) in [7, 11) is 3.95. The van der Waals surface area contributed by atoms with Crippen LogP contribution in [0.2, 0.25) is 0 Å². The van der Waals surface area contributed by atoms with Gasteiger partial charge in [-0.3, -0.25) is 4.79 Å². The Bertz CT molecular complexity index is 1320. The molecule has 0 aliphatic carbocycles. The van der Waals surface area contributed by atoms with Gasteiger partial charge in [0.25, 0.3) is 0 Å². The molecule has 2 aromatic carbocycles. The van der Waals surface area contributed by atoms with Crippen molar-refractivity contribution in [2.45, 2.75) is 39.8 Å². The largest absolute Gasteiger partial charge is 0.364 e. The highest BCUT2D eigenvalue weighted by molar-refractivity contribution is 7.20. The molecule has 37 heavy (non-hydrogen) atoms. The summed E-state index contributed by atoms with van der Waals surface area (Å²) in [4.78, 5) is 22.4. The summed E-state index contributed by atoms with van der Waals surface area (Å²) in [5, 5.41) is 12.2. The van der Waals surface area contributed by atoms with E-state index in [1.165, 1.54) is 22.5 Å². The van der Waals surface area contributed by atoms with Crippen LogP contribution < -0.4 is 15.5 Å². The van der Waals surface area contributed by atoms with E-state index in [-0.39, 0.29) is 18.0 Å². The molecule has 0 fully saturated rings. The molecule has 0 spiro atoms. The van der Waals surface area contributed by atoms with Gasteiger partial charge in [-0.25, -0.2) is 4.98 Å². The van der Waals surface area contributed by atoms with Crippen LogP contribution in [0, 0.1) is 6.92 Å². The van der Waals surface area contributed by atoms with Crippen LogP contribution in [0.3, 0.4) is 0 Å². The van der Waals surface area contributed by atoms with E-state index in [4.69, 9.17) is 10.1 Å². The van der Waals surface area contributed by atoms with Gasteiger partial charge in [-0.15, -0.1) is 5.10 Å². The van der Waals surface area contributed by atoms with E-state index in [2.05, 4.69) is 86.7 Å². The smallest absolute Gasteiger partial charge is 0.239 e. The number of fused-ring (bicyclic) bond motifs is 1. The lowest BCUT2D eigenvalue weighted by Gasteiger charge is -2.22. The molecule has 0 radical (unpaired) electrons. The highest BCUT2D eigenvalue weighted by Crippen LogP contribution is 2.34. The van der Waals surface area contributed by atoms with Crippen molar-refractivity contribution < 1.29 is 4.79 Å². The summed E-state index contributed by atoms with van der Waals surface area (Å²) in [6, 6.07) is 18.7. The molecule has 9 heteroatoms. The van der Waals surface area contributed by atoms with Crippen molar-refractivity contribution in [3.05, 3.63) is 65.7 Å². The molecule has 0 aliphatic heterocycles. The van der Waals surface area contributed by atoms with E-state index in [9.17, 15) is 4.79 Å². The Morgan fingerprint density at radius 1 is 1.05 bits per heavy atom. The predicted octanol–water partition coefficient (Wildman–Crippen LogP) is 4.66. The van der Waals surface area contributed by atoms with Crippen LogP contribution in [0.1, 0.15) is 31.9 Å². The molecule has 4 rings (SSSR count). The van der Waals surface area contributed by atoms with Crippen LogP contribution in [0.15, 0.2) is 54.6 Å². The zero-order valence-electron chi connectivity index (χ0n) is 22.6. The Labute approximate surface area is 223 Å². The number of nitrogens with zero attached hydrogens (tertiary/aromatic N) is 5. The third kappa shape index (κ3) is 7.08. The minimum Gasteiger partial charge on any atom is -0.364 e. The maximum absolute atomic E-state index is 12.6. The van der Waals surface area contributed by atoms with Crippen LogP contribution in [-0.2, 0) is 11.3 Å². The summed E-state index contributed by atoms with van der Waals surface area (Å²) in [6.07, 6.45) is 0. The van der Waals surface area contributed by atoms with E-state index in [0.29, 0.717) is 6.54 Å². The summed E-state index contributed by atoms with van der Waals surface area (Å²) in [5.74, 6) is 0.824. The normalized spacial score (nSPS) is 11.8. The monoisotopic (exact) mass is 519 g/mol. The maximum Gasteiger partial charge on any atom is 0.239 e. The highest BCUT2D eigenvalue weighted by atomic mass is 32.1. The maximum atomic E-state index is 12.6. The Balaban J connectivity index is 1.40. The number of aryl methyl sites for hydroxylation is 1. The molecule has 2 heterocycles. The van der Waals surface area contributed by atoms with Gasteiger partial charge in [0.05, 0.1) is 6.54 Å². The lowest BCUT2D eigenvalue weighted by atomic mass is 10.1. The van der Waals surface area contributed by atoms with Crippen molar-refractivity contribution in [1.82, 2.24) is 24.8 Å². The van der Waals surface area contributed by atoms with Gasteiger partial charge in [0.2, 0.25) is 16.0 Å². The number of hydrogen-bond acceptors (Lipinski definition) is 7. The van der Waals surface area contributed by atoms with Crippen molar-refractivity contribution >= 4 is 33.2 Å². The van der Waals surface area contributed by atoms with Crippen molar-refractivity contribution in [1.29, 1.82) is 0 Å². The second-order valence-corrected chi connectivity index (χ2v) is 11.5. The lowest BCUT2D eigenvalue weighted by Crippen LogP contribution is -2.38. The van der Waals surface area contributed by atoms with E-state index in [0.717, 1.165) is 40.3 Å². The van der Waals surface area contributed by atoms with Gasteiger partial charge >= 0.3 is 0 Å². The molecule has 1 amide bonds. The summed E-state index contributed by atoms with van der Waals surface area (Å²) in [6.45, 7) is 10.9. The molecule has 2 N–H and O–H groups in total. The number of amides is 1. The van der Waals surface area contributed by atoms with Gasteiger partial charge in [0.15, 0.2) is 5.82 Å². The number of carbonyl (C=O) groups excluding carboxylic acids is 1. The van der Waals surface area contributed by atoms with Gasteiger partial charge in [-0.05, 0) is 40.3 Å². The van der Waals surface area contributed by atoms with Crippen LogP contribution in [0.25, 0.3) is 16.2 Å². The van der Waals surface area contributed by atoms with Crippen LogP contribution in [-0.4, -0.2) is 64.7 Å². The topological polar surface area (TPSA) is 77.8 Å². The zero-order valence-corrected chi connectivity index (χ0v) is 23.4. The fraction of sp³-hybridized carbons (Fsp3) is 0.393. The lowest BCUT2D eigenvalue weighted by molar-refractivity contribution is -0.119. The first-order chi connectivity index (χ1) is 17.6. The number of aromatic nitrogens is 3. The minimum absolute atomic E-state index is 0.0307. The van der Waals surface area contributed by atoms with Crippen molar-refractivity contribution in [2.75, 3.05) is 43.9 Å². The number of rotatable bonds is 10. The standard InChI is InChI=1S/C28H37N7OS/c1-20-12-14-22(15-13-20)24-25(31-28(2,3)4)35-26(30-24)37-27(32-35)34(6)19-23(36)29-16-17-33(5)18-21-10-8-7-9-11-21/h7-15,31H,16-19H2,1-6H3,(H,29,36). The van der Waals surface area contributed by atoms with Crippen LogP contribution >= 0.6 is 11.3 Å². The van der Waals surface area contributed by atoms with E-state index in [1.807, 2.05) is 34.7 Å². The quantitative estimate of drug-likeness (QED) is 0.317. The first-order valence-corrected chi connectivity index (χ1v) is 13.4. The fourth-order valence-corrected chi connectivity index (χ4v) is 4.83. The van der Waals surface area contributed by atoms with Gasteiger partial charge < -0.3 is 20.4 Å². The van der Waals surface area contributed by atoms with Crippen molar-refractivity contribution in [3.63, 3.8) is 0 Å². The number of benzene rings is 2. The summed E-state index contributed by atoms with van der Waals surface area (Å²) >= 11 is 1.47. The van der Waals surface area contributed by atoms with Gasteiger partial charge in [0, 0.05) is 37.8 Å². The third-order valence-corrected chi connectivity index (χ3v) is 6.85. The zero-order chi connectivity index (χ0) is 26.6. The minimum atomic E-state index is -0.168. The van der Waals surface area contributed by atoms with Crippen molar-refractivity contribution in [2.24, 2.45) is 0 Å². The molecule has 0 saturated heterocycles. The first-order valence-electron chi connectivity index (χ1n) is 12.5. The SMILES string of the molecule is Cc1ccc(-c2nc3sc(N(C)CC(=O)NCCN(C)Cc4ccccc4)nn3c2NC(C)(C)C)cc1. The number of nitrogens with one attached hydrogen (secondary N) is 2. The van der Waals surface area contributed by atoms with E-state index < -0.39 is 0 Å². The summed E-state index contributed by atoms with van der Waals surface area (Å²) in [5.41, 5.74) is 4.22. The molecule has 0 atom stereocenters. The molecule has 4 aromatic rings. The Morgan fingerprint density at radius 2 is 1.76 bits per heavy atom.